The Labute approximate surface area is 187 Å². The maximum Gasteiger partial charge on any atom is 0.332 e. The van der Waals surface area contributed by atoms with Crippen molar-refractivity contribution in [2.45, 2.75) is 45.4 Å². The molecule has 0 aliphatic carbocycles. The van der Waals surface area contributed by atoms with E-state index in [-0.39, 0.29) is 11.5 Å². The topological polar surface area (TPSA) is 77.2 Å². The summed E-state index contributed by atoms with van der Waals surface area (Å²) in [6.07, 6.45) is 3.01. The van der Waals surface area contributed by atoms with Crippen LogP contribution in [0.4, 0.5) is 0 Å². The first kappa shape index (κ1) is 22.0. The van der Waals surface area contributed by atoms with E-state index in [0.717, 1.165) is 47.3 Å². The summed E-state index contributed by atoms with van der Waals surface area (Å²) in [6.45, 7) is 5.30. The number of hydrogen-bond donors (Lipinski definition) is 0. The number of aryl methyl sites for hydroxylation is 3. The zero-order chi connectivity index (χ0) is 23.0. The number of carbonyl (C=O) groups excluding carboxylic acids is 1. The van der Waals surface area contributed by atoms with Gasteiger partial charge < -0.3 is 4.90 Å². The minimum Gasteiger partial charge on any atom is -0.342 e. The Kier molecular flexibility index (Phi) is 6.00. The largest absolute Gasteiger partial charge is 0.342 e. The quantitative estimate of drug-likeness (QED) is 0.632. The Hall–Kier alpha value is -3.22. The van der Waals surface area contributed by atoms with E-state index in [2.05, 4.69) is 29.2 Å². The average Bonchev–Trinajstić information content (AvgIpc) is 2.81. The van der Waals surface area contributed by atoms with Gasteiger partial charge in [-0.2, -0.15) is 0 Å². The Balaban J connectivity index is 1.56. The second kappa shape index (κ2) is 8.73. The van der Waals surface area contributed by atoms with E-state index in [9.17, 15) is 14.4 Å². The van der Waals surface area contributed by atoms with E-state index in [0.29, 0.717) is 29.8 Å². The van der Waals surface area contributed by atoms with Gasteiger partial charge in [0.25, 0.3) is 5.56 Å². The second-order valence-corrected chi connectivity index (χ2v) is 8.79. The summed E-state index contributed by atoms with van der Waals surface area (Å²) in [6, 6.07) is 10.4. The molecule has 1 aromatic carbocycles. The fourth-order valence-electron chi connectivity index (χ4n) is 4.90. The molecule has 1 atom stereocenters. The minimum absolute atomic E-state index is 0.137. The van der Waals surface area contributed by atoms with Crippen molar-refractivity contribution >= 4 is 16.9 Å². The van der Waals surface area contributed by atoms with Gasteiger partial charge in [0.2, 0.25) is 5.91 Å². The molecule has 3 heterocycles. The summed E-state index contributed by atoms with van der Waals surface area (Å²) in [5, 5.41) is 0.449. The molecule has 1 amide bonds. The van der Waals surface area contributed by atoms with Crippen molar-refractivity contribution in [1.29, 1.82) is 0 Å². The van der Waals surface area contributed by atoms with Crippen LogP contribution in [0.25, 0.3) is 11.0 Å². The van der Waals surface area contributed by atoms with Gasteiger partial charge in [0, 0.05) is 45.2 Å². The number of aromatic nitrogens is 3. The van der Waals surface area contributed by atoms with Crippen molar-refractivity contribution in [2.75, 3.05) is 13.1 Å². The van der Waals surface area contributed by atoms with Gasteiger partial charge in [-0.1, -0.05) is 30.3 Å². The number of pyridine rings is 1. The van der Waals surface area contributed by atoms with E-state index in [4.69, 9.17) is 0 Å². The molecule has 0 bridgehead atoms. The Bertz CT molecular complexity index is 1290. The molecule has 0 spiro atoms. The van der Waals surface area contributed by atoms with Gasteiger partial charge in [-0.15, -0.1) is 0 Å². The first-order valence-corrected chi connectivity index (χ1v) is 11.2. The Morgan fingerprint density at radius 1 is 1.09 bits per heavy atom. The molecule has 168 valence electrons. The predicted molar refractivity (Wildman–Crippen MR) is 125 cm³/mol. The number of hydrogen-bond acceptors (Lipinski definition) is 4. The predicted octanol–water partition coefficient (Wildman–Crippen LogP) is 2.59. The number of nitrogens with zero attached hydrogens (tertiary/aromatic N) is 4. The molecule has 0 N–H and O–H groups in total. The lowest BCUT2D eigenvalue weighted by Crippen LogP contribution is -2.39. The maximum atomic E-state index is 13.0. The molecule has 2 aromatic heterocycles. The van der Waals surface area contributed by atoms with Crippen LogP contribution in [0, 0.1) is 13.8 Å². The average molecular weight is 435 g/mol. The standard InChI is InChI=1S/C25H30N4O3/c1-16-20(17(2)26-23-22(16)24(31)28(4)25(32)27(23)3)12-13-21(30)29-14-8-11-19(15-29)18-9-6-5-7-10-18/h5-7,9-10,19H,8,11-15H2,1-4H3. The highest BCUT2D eigenvalue weighted by Gasteiger charge is 2.25. The molecule has 7 heteroatoms. The summed E-state index contributed by atoms with van der Waals surface area (Å²) < 4.78 is 2.52. The molecule has 0 saturated carbocycles. The van der Waals surface area contributed by atoms with Crippen LogP contribution >= 0.6 is 0 Å². The monoisotopic (exact) mass is 434 g/mol. The van der Waals surface area contributed by atoms with Crippen LogP contribution in [0.1, 0.15) is 47.6 Å². The van der Waals surface area contributed by atoms with Crippen LogP contribution in [0.3, 0.4) is 0 Å². The number of fused-ring (bicyclic) bond motifs is 1. The van der Waals surface area contributed by atoms with Crippen LogP contribution in [-0.2, 0) is 25.3 Å². The van der Waals surface area contributed by atoms with Crippen LogP contribution in [-0.4, -0.2) is 38.0 Å². The Morgan fingerprint density at radius 2 is 1.81 bits per heavy atom. The fourth-order valence-corrected chi connectivity index (χ4v) is 4.90. The second-order valence-electron chi connectivity index (χ2n) is 8.79. The molecular weight excluding hydrogens is 404 g/mol. The molecule has 1 saturated heterocycles. The van der Waals surface area contributed by atoms with E-state index < -0.39 is 5.69 Å². The van der Waals surface area contributed by atoms with Crippen molar-refractivity contribution in [1.82, 2.24) is 19.0 Å². The Morgan fingerprint density at radius 3 is 2.53 bits per heavy atom. The molecule has 1 aliphatic rings. The third-order valence-corrected chi connectivity index (χ3v) is 6.81. The number of piperidine rings is 1. The van der Waals surface area contributed by atoms with Gasteiger partial charge in [-0.3, -0.25) is 18.7 Å². The maximum absolute atomic E-state index is 13.0. The molecule has 3 aromatic rings. The van der Waals surface area contributed by atoms with Gasteiger partial charge in [0.05, 0.1) is 5.39 Å². The number of likely N-dealkylation sites (tertiary alicyclic amines) is 1. The van der Waals surface area contributed by atoms with Gasteiger partial charge in [-0.05, 0) is 49.8 Å². The molecule has 1 aliphatic heterocycles. The normalized spacial score (nSPS) is 16.5. The highest BCUT2D eigenvalue weighted by molar-refractivity contribution is 5.81. The number of rotatable bonds is 4. The summed E-state index contributed by atoms with van der Waals surface area (Å²) in [7, 11) is 3.10. The third kappa shape index (κ3) is 3.87. The first-order valence-electron chi connectivity index (χ1n) is 11.2. The highest BCUT2D eigenvalue weighted by atomic mass is 16.2. The van der Waals surface area contributed by atoms with Gasteiger partial charge >= 0.3 is 5.69 Å². The van der Waals surface area contributed by atoms with Crippen LogP contribution < -0.4 is 11.2 Å². The molecule has 0 radical (unpaired) electrons. The van der Waals surface area contributed by atoms with E-state index in [1.807, 2.05) is 24.8 Å². The van der Waals surface area contributed by atoms with E-state index >= 15 is 0 Å². The third-order valence-electron chi connectivity index (χ3n) is 6.81. The summed E-state index contributed by atoms with van der Waals surface area (Å²) >= 11 is 0. The van der Waals surface area contributed by atoms with E-state index in [1.54, 1.807) is 7.05 Å². The highest BCUT2D eigenvalue weighted by Crippen LogP contribution is 2.27. The SMILES string of the molecule is Cc1nc2c(c(C)c1CCC(=O)N1CCCC(c3ccccc3)C1)c(=O)n(C)c(=O)n2C. The van der Waals surface area contributed by atoms with Gasteiger partial charge in [-0.25, -0.2) is 9.78 Å². The summed E-state index contributed by atoms with van der Waals surface area (Å²) in [4.78, 5) is 44.6. The zero-order valence-electron chi connectivity index (χ0n) is 19.2. The van der Waals surface area contributed by atoms with Crippen LogP contribution in [0.15, 0.2) is 39.9 Å². The molecular formula is C25H30N4O3. The lowest BCUT2D eigenvalue weighted by Gasteiger charge is -2.33. The smallest absolute Gasteiger partial charge is 0.332 e. The lowest BCUT2D eigenvalue weighted by atomic mass is 9.90. The van der Waals surface area contributed by atoms with E-state index in [1.165, 1.54) is 17.2 Å². The zero-order valence-corrected chi connectivity index (χ0v) is 19.2. The summed E-state index contributed by atoms with van der Waals surface area (Å²) in [5.74, 6) is 0.516. The molecule has 4 rings (SSSR count). The van der Waals surface area contributed by atoms with Crippen molar-refractivity contribution < 1.29 is 4.79 Å². The first-order chi connectivity index (χ1) is 15.3. The van der Waals surface area contributed by atoms with Crippen molar-refractivity contribution in [3.63, 3.8) is 0 Å². The summed E-state index contributed by atoms with van der Waals surface area (Å²) in [5.41, 5.74) is 3.42. The number of amides is 1. The minimum atomic E-state index is -0.394. The fraction of sp³-hybridized carbons (Fsp3) is 0.440. The lowest BCUT2D eigenvalue weighted by molar-refractivity contribution is -0.132. The number of carbonyl (C=O) groups is 1. The van der Waals surface area contributed by atoms with Crippen LogP contribution in [0.5, 0.6) is 0 Å². The van der Waals surface area contributed by atoms with Gasteiger partial charge in [0.15, 0.2) is 0 Å². The van der Waals surface area contributed by atoms with Crippen LogP contribution in [0.2, 0.25) is 0 Å². The molecule has 7 nitrogen and oxygen atoms in total. The van der Waals surface area contributed by atoms with Crippen molar-refractivity contribution in [3.8, 4) is 0 Å². The van der Waals surface area contributed by atoms with Gasteiger partial charge in [0.1, 0.15) is 5.65 Å². The molecule has 32 heavy (non-hydrogen) atoms. The molecule has 1 fully saturated rings. The molecule has 1 unspecified atom stereocenters. The van der Waals surface area contributed by atoms with Crippen molar-refractivity contribution in [3.05, 3.63) is 73.6 Å². The van der Waals surface area contributed by atoms with Crippen molar-refractivity contribution in [2.24, 2.45) is 14.1 Å². The number of benzene rings is 1.